The van der Waals surface area contributed by atoms with Gasteiger partial charge in [-0.15, -0.1) is 0 Å². The Morgan fingerprint density at radius 3 is 2.67 bits per heavy atom. The monoisotopic (exact) mass is 252 g/mol. The molecule has 0 spiro atoms. The third-order valence-electron chi connectivity index (χ3n) is 3.73. The molecule has 2 fully saturated rings. The maximum Gasteiger partial charge on any atom is 0.266 e. The van der Waals surface area contributed by atoms with E-state index >= 15 is 0 Å². The number of β-amino-alcohol motifs (C(OH)–C–C–N with tert-alkyl or cyclic N) is 1. The summed E-state index contributed by atoms with van der Waals surface area (Å²) in [4.78, 5) is 6.67. The van der Waals surface area contributed by atoms with Gasteiger partial charge in [0.15, 0.2) is 0 Å². The Kier molecular flexibility index (Phi) is 3.47. The van der Waals surface area contributed by atoms with Gasteiger partial charge >= 0.3 is 0 Å². The lowest BCUT2D eigenvalue weighted by Crippen LogP contribution is -2.25. The largest absolute Gasteiger partial charge is 0.392 e. The van der Waals surface area contributed by atoms with Crippen molar-refractivity contribution in [2.24, 2.45) is 0 Å². The lowest BCUT2D eigenvalue weighted by atomic mass is 10.2. The number of hydrogen-bond acceptors (Lipinski definition) is 6. The third kappa shape index (κ3) is 2.49. The standard InChI is InChI=1S/C12H20N4O2/c17-9-7-10(13-8-9)11-14-12(15-18-11)16-5-3-1-2-4-6-16/h9-10,13,17H,1-8H2/t9-,10+/m0/s1. The number of aromatic nitrogens is 2. The predicted octanol–water partition coefficient (Wildman–Crippen LogP) is 0.845. The highest BCUT2D eigenvalue weighted by Gasteiger charge is 2.28. The van der Waals surface area contributed by atoms with E-state index < -0.39 is 0 Å². The molecule has 0 aliphatic carbocycles. The van der Waals surface area contributed by atoms with Gasteiger partial charge in [-0.05, 0) is 24.4 Å². The summed E-state index contributed by atoms with van der Waals surface area (Å²) in [6, 6.07) is 0.00762. The van der Waals surface area contributed by atoms with Gasteiger partial charge in [-0.1, -0.05) is 12.8 Å². The summed E-state index contributed by atoms with van der Waals surface area (Å²) in [5.41, 5.74) is 0. The van der Waals surface area contributed by atoms with Crippen LogP contribution in [0.3, 0.4) is 0 Å². The molecule has 1 aromatic heterocycles. The van der Waals surface area contributed by atoms with E-state index in [4.69, 9.17) is 4.52 Å². The second-order valence-corrected chi connectivity index (χ2v) is 5.18. The average Bonchev–Trinajstić information content (AvgIpc) is 2.92. The fraction of sp³-hybridized carbons (Fsp3) is 0.833. The van der Waals surface area contributed by atoms with E-state index in [0.29, 0.717) is 24.8 Å². The summed E-state index contributed by atoms with van der Waals surface area (Å²) >= 11 is 0. The van der Waals surface area contributed by atoms with Gasteiger partial charge in [0.05, 0.1) is 12.1 Å². The molecule has 6 nitrogen and oxygen atoms in total. The second kappa shape index (κ2) is 5.24. The van der Waals surface area contributed by atoms with Crippen molar-refractivity contribution < 1.29 is 9.63 Å². The highest BCUT2D eigenvalue weighted by atomic mass is 16.5. The fourth-order valence-electron chi connectivity index (χ4n) is 2.67. The number of rotatable bonds is 2. The molecule has 2 aliphatic heterocycles. The molecule has 0 unspecified atom stereocenters. The summed E-state index contributed by atoms with van der Waals surface area (Å²) in [7, 11) is 0. The van der Waals surface area contributed by atoms with Crippen LogP contribution in [0, 0.1) is 0 Å². The molecule has 0 bridgehead atoms. The maximum atomic E-state index is 9.49. The molecular weight excluding hydrogens is 232 g/mol. The van der Waals surface area contributed by atoms with E-state index in [2.05, 4.69) is 20.4 Å². The molecule has 2 N–H and O–H groups in total. The Bertz CT molecular complexity index is 387. The molecule has 1 aromatic rings. The number of anilines is 1. The summed E-state index contributed by atoms with van der Waals surface area (Å²) in [5, 5.41) is 16.7. The van der Waals surface area contributed by atoms with Crippen LogP contribution in [0.2, 0.25) is 0 Å². The molecule has 0 radical (unpaired) electrons. The smallest absolute Gasteiger partial charge is 0.266 e. The molecule has 100 valence electrons. The number of aliphatic hydroxyl groups excluding tert-OH is 1. The van der Waals surface area contributed by atoms with Crippen LogP contribution in [-0.4, -0.2) is 41.0 Å². The molecule has 2 atom stereocenters. The highest BCUT2D eigenvalue weighted by molar-refractivity contribution is 5.28. The molecule has 0 aromatic carbocycles. The molecule has 3 heterocycles. The van der Waals surface area contributed by atoms with Crippen LogP contribution in [0.15, 0.2) is 4.52 Å². The van der Waals surface area contributed by atoms with Gasteiger partial charge in [0, 0.05) is 19.6 Å². The zero-order valence-electron chi connectivity index (χ0n) is 10.5. The quantitative estimate of drug-likeness (QED) is 0.812. The van der Waals surface area contributed by atoms with Crippen LogP contribution in [0.1, 0.15) is 44.0 Å². The van der Waals surface area contributed by atoms with E-state index in [0.717, 1.165) is 13.1 Å². The minimum absolute atomic E-state index is 0.00762. The van der Waals surface area contributed by atoms with Crippen molar-refractivity contribution in [2.45, 2.75) is 44.2 Å². The molecule has 18 heavy (non-hydrogen) atoms. The third-order valence-corrected chi connectivity index (χ3v) is 3.73. The van der Waals surface area contributed by atoms with Crippen molar-refractivity contribution in [3.8, 4) is 0 Å². The first-order valence-electron chi connectivity index (χ1n) is 6.83. The second-order valence-electron chi connectivity index (χ2n) is 5.18. The molecular formula is C12H20N4O2. The van der Waals surface area contributed by atoms with Gasteiger partial charge in [-0.3, -0.25) is 0 Å². The Morgan fingerprint density at radius 1 is 1.22 bits per heavy atom. The van der Waals surface area contributed by atoms with Crippen molar-refractivity contribution in [3.63, 3.8) is 0 Å². The summed E-state index contributed by atoms with van der Waals surface area (Å²) < 4.78 is 5.31. The number of nitrogens with one attached hydrogen (secondary N) is 1. The zero-order chi connectivity index (χ0) is 12.4. The van der Waals surface area contributed by atoms with E-state index in [1.54, 1.807) is 0 Å². The van der Waals surface area contributed by atoms with E-state index in [1.165, 1.54) is 25.7 Å². The van der Waals surface area contributed by atoms with Gasteiger partial charge in [-0.25, -0.2) is 0 Å². The molecule has 2 aliphatic rings. The van der Waals surface area contributed by atoms with Crippen molar-refractivity contribution in [3.05, 3.63) is 5.89 Å². The van der Waals surface area contributed by atoms with Crippen LogP contribution in [-0.2, 0) is 0 Å². The maximum absolute atomic E-state index is 9.49. The minimum Gasteiger partial charge on any atom is -0.392 e. The molecule has 0 amide bonds. The van der Waals surface area contributed by atoms with Gasteiger partial charge in [-0.2, -0.15) is 4.98 Å². The number of nitrogens with zero attached hydrogens (tertiary/aromatic N) is 3. The van der Waals surface area contributed by atoms with E-state index in [-0.39, 0.29) is 12.1 Å². The first-order chi connectivity index (χ1) is 8.83. The first-order valence-corrected chi connectivity index (χ1v) is 6.83. The Hall–Kier alpha value is -1.14. The normalized spacial score (nSPS) is 29.5. The Morgan fingerprint density at radius 2 is 2.00 bits per heavy atom. The van der Waals surface area contributed by atoms with E-state index in [1.807, 2.05) is 0 Å². The lowest BCUT2D eigenvalue weighted by Gasteiger charge is -2.16. The molecule has 2 saturated heterocycles. The van der Waals surface area contributed by atoms with Gasteiger partial charge in [0.2, 0.25) is 5.89 Å². The number of aliphatic hydroxyl groups is 1. The first kappa shape index (κ1) is 11.9. The van der Waals surface area contributed by atoms with E-state index in [9.17, 15) is 5.11 Å². The predicted molar refractivity (Wildman–Crippen MR) is 66.3 cm³/mol. The molecule has 6 heteroatoms. The minimum atomic E-state index is -0.302. The van der Waals surface area contributed by atoms with Crippen LogP contribution in [0.4, 0.5) is 5.95 Å². The van der Waals surface area contributed by atoms with Crippen molar-refractivity contribution >= 4 is 5.95 Å². The number of hydrogen-bond donors (Lipinski definition) is 2. The van der Waals surface area contributed by atoms with Crippen LogP contribution < -0.4 is 10.2 Å². The molecule has 3 rings (SSSR count). The highest BCUT2D eigenvalue weighted by Crippen LogP contribution is 2.24. The summed E-state index contributed by atoms with van der Waals surface area (Å²) in [6.45, 7) is 2.63. The molecule has 0 saturated carbocycles. The summed E-state index contributed by atoms with van der Waals surface area (Å²) in [6.07, 6.45) is 5.33. The van der Waals surface area contributed by atoms with Crippen molar-refractivity contribution in [1.82, 2.24) is 15.5 Å². The van der Waals surface area contributed by atoms with Crippen LogP contribution in [0.5, 0.6) is 0 Å². The zero-order valence-corrected chi connectivity index (χ0v) is 10.5. The van der Waals surface area contributed by atoms with Gasteiger partial charge in [0.25, 0.3) is 5.95 Å². The van der Waals surface area contributed by atoms with Crippen LogP contribution in [0.25, 0.3) is 0 Å². The summed E-state index contributed by atoms with van der Waals surface area (Å²) in [5.74, 6) is 1.31. The SMILES string of the molecule is O[C@@H]1CN[C@@H](c2nc(N3CCCCCC3)no2)C1. The van der Waals surface area contributed by atoms with Gasteiger partial charge < -0.3 is 19.8 Å². The van der Waals surface area contributed by atoms with Crippen molar-refractivity contribution in [2.75, 3.05) is 24.5 Å². The average molecular weight is 252 g/mol. The Labute approximate surface area is 106 Å². The lowest BCUT2D eigenvalue weighted by molar-refractivity contribution is 0.191. The topological polar surface area (TPSA) is 74.4 Å². The Balaban J connectivity index is 1.68. The fourth-order valence-corrected chi connectivity index (χ4v) is 2.67. The van der Waals surface area contributed by atoms with Crippen molar-refractivity contribution in [1.29, 1.82) is 0 Å². The van der Waals surface area contributed by atoms with Crippen LogP contribution >= 0.6 is 0 Å². The van der Waals surface area contributed by atoms with Gasteiger partial charge in [0.1, 0.15) is 0 Å².